The molecule has 2 amide bonds. The smallest absolute Gasteiger partial charge is 0.243 e. The van der Waals surface area contributed by atoms with Gasteiger partial charge < -0.3 is 10.2 Å². The first-order valence-electron chi connectivity index (χ1n) is 9.71. The van der Waals surface area contributed by atoms with Gasteiger partial charge in [-0.2, -0.15) is 0 Å². The molecule has 1 fully saturated rings. The highest BCUT2D eigenvalue weighted by molar-refractivity contribution is 5.87. The first kappa shape index (κ1) is 19.5. The number of rotatable bonds is 8. The van der Waals surface area contributed by atoms with Crippen LogP contribution < -0.4 is 5.32 Å². The van der Waals surface area contributed by atoms with E-state index in [2.05, 4.69) is 18.3 Å². The van der Waals surface area contributed by atoms with Gasteiger partial charge in [-0.25, -0.2) is 0 Å². The molecule has 0 aromatic heterocycles. The fraction of sp³-hybridized carbons (Fsp3) is 0.619. The van der Waals surface area contributed by atoms with E-state index in [-0.39, 0.29) is 23.9 Å². The monoisotopic (exact) mass is 344 g/mol. The van der Waals surface area contributed by atoms with Crippen molar-refractivity contribution >= 4 is 11.8 Å². The fourth-order valence-electron chi connectivity index (χ4n) is 3.62. The molecule has 138 valence electrons. The average molecular weight is 344 g/mol. The van der Waals surface area contributed by atoms with Crippen LogP contribution >= 0.6 is 0 Å². The number of carbonyl (C=O) groups is 2. The van der Waals surface area contributed by atoms with E-state index in [1.165, 1.54) is 12.8 Å². The molecule has 4 nitrogen and oxygen atoms in total. The lowest BCUT2D eigenvalue weighted by Crippen LogP contribution is -2.50. The number of hydrogen-bond acceptors (Lipinski definition) is 2. The molecule has 25 heavy (non-hydrogen) atoms. The van der Waals surface area contributed by atoms with E-state index < -0.39 is 0 Å². The van der Waals surface area contributed by atoms with Gasteiger partial charge in [-0.15, -0.1) is 0 Å². The van der Waals surface area contributed by atoms with Gasteiger partial charge in [-0.3, -0.25) is 9.59 Å². The topological polar surface area (TPSA) is 49.4 Å². The summed E-state index contributed by atoms with van der Waals surface area (Å²) in [7, 11) is 0. The van der Waals surface area contributed by atoms with Crippen LogP contribution in [-0.2, 0) is 16.1 Å². The van der Waals surface area contributed by atoms with Gasteiger partial charge in [0.25, 0.3) is 0 Å². The van der Waals surface area contributed by atoms with Gasteiger partial charge >= 0.3 is 0 Å². The molecule has 1 aliphatic carbocycles. The second kappa shape index (κ2) is 9.59. The third kappa shape index (κ3) is 5.32. The lowest BCUT2D eigenvalue weighted by Gasteiger charge is -2.32. The highest BCUT2D eigenvalue weighted by Crippen LogP contribution is 2.20. The molecular weight excluding hydrogens is 312 g/mol. The summed E-state index contributed by atoms with van der Waals surface area (Å²) in [6.45, 7) is 6.55. The maximum atomic E-state index is 12.9. The van der Waals surface area contributed by atoms with E-state index in [9.17, 15) is 9.59 Å². The Hall–Kier alpha value is -1.84. The minimum absolute atomic E-state index is 0.00689. The van der Waals surface area contributed by atoms with Crippen molar-refractivity contribution in [2.75, 3.05) is 0 Å². The van der Waals surface area contributed by atoms with Crippen molar-refractivity contribution in [2.24, 2.45) is 0 Å². The SMILES string of the molecule is CCCC(=O)N(Cc1ccccc1C)C(CC)C(=O)NC1CCCC1. The number of carbonyl (C=O) groups excluding carboxylic acids is 2. The molecule has 0 radical (unpaired) electrons. The van der Waals surface area contributed by atoms with Gasteiger partial charge in [-0.05, 0) is 43.7 Å². The number of amides is 2. The predicted molar refractivity (Wildman–Crippen MR) is 101 cm³/mol. The van der Waals surface area contributed by atoms with Crippen LogP contribution in [0, 0.1) is 6.92 Å². The number of benzene rings is 1. The number of nitrogens with zero attached hydrogens (tertiary/aromatic N) is 1. The van der Waals surface area contributed by atoms with Crippen LogP contribution in [0.3, 0.4) is 0 Å². The lowest BCUT2D eigenvalue weighted by atomic mass is 10.0. The van der Waals surface area contributed by atoms with E-state index in [0.717, 1.165) is 30.4 Å². The Balaban J connectivity index is 2.17. The first-order chi connectivity index (χ1) is 12.1. The molecule has 1 aliphatic rings. The zero-order valence-corrected chi connectivity index (χ0v) is 15.9. The molecule has 0 heterocycles. The molecule has 1 aromatic rings. The molecule has 0 bridgehead atoms. The number of nitrogens with one attached hydrogen (secondary N) is 1. The first-order valence-corrected chi connectivity index (χ1v) is 9.71. The molecule has 1 aromatic carbocycles. The highest BCUT2D eigenvalue weighted by atomic mass is 16.2. The van der Waals surface area contributed by atoms with Crippen LogP contribution in [0.4, 0.5) is 0 Å². The highest BCUT2D eigenvalue weighted by Gasteiger charge is 2.30. The number of hydrogen-bond donors (Lipinski definition) is 1. The van der Waals surface area contributed by atoms with Gasteiger partial charge in [0.2, 0.25) is 11.8 Å². The lowest BCUT2D eigenvalue weighted by molar-refractivity contribution is -0.141. The molecule has 0 saturated heterocycles. The van der Waals surface area contributed by atoms with E-state index in [1.807, 2.05) is 32.0 Å². The maximum Gasteiger partial charge on any atom is 0.243 e. The fourth-order valence-corrected chi connectivity index (χ4v) is 3.62. The molecule has 1 N–H and O–H groups in total. The summed E-state index contributed by atoms with van der Waals surface area (Å²) in [5.41, 5.74) is 2.27. The minimum Gasteiger partial charge on any atom is -0.352 e. The molecule has 0 aliphatic heterocycles. The Labute approximate surface area is 152 Å². The zero-order valence-electron chi connectivity index (χ0n) is 15.9. The third-order valence-electron chi connectivity index (χ3n) is 5.15. The standard InChI is InChI=1S/C21H32N2O2/c1-4-10-20(24)23(15-17-12-7-6-11-16(17)3)19(5-2)21(25)22-18-13-8-9-14-18/h6-7,11-12,18-19H,4-5,8-10,13-15H2,1-3H3,(H,22,25). The minimum atomic E-state index is -0.390. The molecule has 4 heteroatoms. The van der Waals surface area contributed by atoms with Crippen molar-refractivity contribution in [3.8, 4) is 0 Å². The van der Waals surface area contributed by atoms with Gasteiger partial charge in [0.1, 0.15) is 6.04 Å². The number of aryl methyl sites for hydroxylation is 1. The maximum absolute atomic E-state index is 12.9. The third-order valence-corrected chi connectivity index (χ3v) is 5.15. The Kier molecular flexibility index (Phi) is 7.48. The van der Waals surface area contributed by atoms with Gasteiger partial charge in [0.05, 0.1) is 0 Å². The van der Waals surface area contributed by atoms with E-state index in [0.29, 0.717) is 19.4 Å². The molecule has 0 spiro atoms. The van der Waals surface area contributed by atoms with Crippen LogP contribution in [0.5, 0.6) is 0 Å². The average Bonchev–Trinajstić information content (AvgIpc) is 3.09. The predicted octanol–water partition coefficient (Wildman–Crippen LogP) is 3.96. The van der Waals surface area contributed by atoms with Crippen molar-refractivity contribution in [1.29, 1.82) is 0 Å². The summed E-state index contributed by atoms with van der Waals surface area (Å²) in [6.07, 6.45) is 6.40. The Morgan fingerprint density at radius 2 is 1.88 bits per heavy atom. The van der Waals surface area contributed by atoms with Crippen molar-refractivity contribution in [3.63, 3.8) is 0 Å². The van der Waals surface area contributed by atoms with Crippen LogP contribution in [0.15, 0.2) is 24.3 Å². The van der Waals surface area contributed by atoms with Crippen molar-refractivity contribution in [2.45, 2.75) is 84.3 Å². The van der Waals surface area contributed by atoms with Crippen molar-refractivity contribution in [1.82, 2.24) is 10.2 Å². The molecule has 1 atom stereocenters. The van der Waals surface area contributed by atoms with Crippen LogP contribution in [0.2, 0.25) is 0 Å². The van der Waals surface area contributed by atoms with E-state index in [4.69, 9.17) is 0 Å². The summed E-state index contributed by atoms with van der Waals surface area (Å²) in [5, 5.41) is 3.17. The quantitative estimate of drug-likeness (QED) is 0.776. The van der Waals surface area contributed by atoms with E-state index >= 15 is 0 Å². The Morgan fingerprint density at radius 1 is 1.20 bits per heavy atom. The second-order valence-corrected chi connectivity index (χ2v) is 7.11. The second-order valence-electron chi connectivity index (χ2n) is 7.11. The molecular formula is C21H32N2O2. The van der Waals surface area contributed by atoms with Crippen LogP contribution in [-0.4, -0.2) is 28.8 Å². The van der Waals surface area contributed by atoms with Gasteiger partial charge in [0.15, 0.2) is 0 Å². The van der Waals surface area contributed by atoms with Crippen molar-refractivity contribution in [3.05, 3.63) is 35.4 Å². The van der Waals surface area contributed by atoms with Gasteiger partial charge in [-0.1, -0.05) is 51.0 Å². The molecule has 2 rings (SSSR count). The summed E-state index contributed by atoms with van der Waals surface area (Å²) in [4.78, 5) is 27.4. The summed E-state index contributed by atoms with van der Waals surface area (Å²) < 4.78 is 0. The summed E-state index contributed by atoms with van der Waals surface area (Å²) in [5.74, 6) is 0.0756. The Morgan fingerprint density at radius 3 is 2.48 bits per heavy atom. The summed E-state index contributed by atoms with van der Waals surface area (Å²) in [6, 6.07) is 7.98. The van der Waals surface area contributed by atoms with Crippen LogP contribution in [0.1, 0.15) is 69.9 Å². The molecule has 1 unspecified atom stereocenters. The Bertz CT molecular complexity index is 579. The zero-order chi connectivity index (χ0) is 18.2. The van der Waals surface area contributed by atoms with Gasteiger partial charge in [0, 0.05) is 19.0 Å². The largest absolute Gasteiger partial charge is 0.352 e. The van der Waals surface area contributed by atoms with E-state index in [1.54, 1.807) is 4.90 Å². The molecule has 1 saturated carbocycles. The van der Waals surface area contributed by atoms with Crippen LogP contribution in [0.25, 0.3) is 0 Å². The van der Waals surface area contributed by atoms with Crippen molar-refractivity contribution < 1.29 is 9.59 Å². The summed E-state index contributed by atoms with van der Waals surface area (Å²) >= 11 is 0. The normalized spacial score (nSPS) is 15.8.